The van der Waals surface area contributed by atoms with Crippen LogP contribution in [0.3, 0.4) is 0 Å². The SMILES string of the molecule is Cc1ccoc1CN(CCO)Cc1ccccc1. The molecule has 1 aromatic heterocycles. The first kappa shape index (κ1) is 12.9. The number of rotatable bonds is 6. The third kappa shape index (κ3) is 3.45. The standard InChI is InChI=1S/C15H19NO2/c1-13-7-10-18-15(13)12-16(8-9-17)11-14-5-3-2-4-6-14/h2-7,10,17H,8-9,11-12H2,1H3. The van der Waals surface area contributed by atoms with Crippen molar-refractivity contribution >= 4 is 0 Å². The third-order valence-corrected chi connectivity index (χ3v) is 3.00. The average Bonchev–Trinajstić information content (AvgIpc) is 2.77. The molecule has 2 rings (SSSR count). The molecule has 3 nitrogen and oxygen atoms in total. The van der Waals surface area contributed by atoms with E-state index in [4.69, 9.17) is 9.52 Å². The zero-order valence-electron chi connectivity index (χ0n) is 10.7. The molecule has 0 unspecified atom stereocenters. The van der Waals surface area contributed by atoms with Gasteiger partial charge in [0.1, 0.15) is 5.76 Å². The molecule has 1 heterocycles. The second kappa shape index (κ2) is 6.38. The molecule has 0 amide bonds. The van der Waals surface area contributed by atoms with Gasteiger partial charge in [-0.2, -0.15) is 0 Å². The van der Waals surface area contributed by atoms with E-state index in [1.165, 1.54) is 5.56 Å². The third-order valence-electron chi connectivity index (χ3n) is 3.00. The number of aryl methyl sites for hydroxylation is 1. The van der Waals surface area contributed by atoms with Crippen molar-refractivity contribution in [2.24, 2.45) is 0 Å². The Morgan fingerprint density at radius 1 is 1.11 bits per heavy atom. The maximum Gasteiger partial charge on any atom is 0.120 e. The fraction of sp³-hybridized carbons (Fsp3) is 0.333. The van der Waals surface area contributed by atoms with Crippen molar-refractivity contribution < 1.29 is 9.52 Å². The summed E-state index contributed by atoms with van der Waals surface area (Å²) in [4.78, 5) is 2.18. The Morgan fingerprint density at radius 2 is 1.89 bits per heavy atom. The molecule has 1 N–H and O–H groups in total. The zero-order valence-corrected chi connectivity index (χ0v) is 10.7. The minimum absolute atomic E-state index is 0.159. The average molecular weight is 245 g/mol. The Kier molecular flexibility index (Phi) is 4.56. The summed E-state index contributed by atoms with van der Waals surface area (Å²) in [5.74, 6) is 0.972. The van der Waals surface area contributed by atoms with Crippen LogP contribution in [0.1, 0.15) is 16.9 Å². The van der Waals surface area contributed by atoms with E-state index < -0.39 is 0 Å². The summed E-state index contributed by atoms with van der Waals surface area (Å²) >= 11 is 0. The lowest BCUT2D eigenvalue weighted by Crippen LogP contribution is -2.26. The first-order chi connectivity index (χ1) is 8.79. The molecule has 0 atom stereocenters. The molecule has 0 aliphatic rings. The summed E-state index contributed by atoms with van der Waals surface area (Å²) in [5.41, 5.74) is 2.40. The Balaban J connectivity index is 2.02. The molecule has 18 heavy (non-hydrogen) atoms. The van der Waals surface area contributed by atoms with Gasteiger partial charge in [-0.05, 0) is 24.1 Å². The van der Waals surface area contributed by atoms with E-state index in [1.54, 1.807) is 6.26 Å². The lowest BCUT2D eigenvalue weighted by Gasteiger charge is -2.20. The molecule has 0 saturated heterocycles. The van der Waals surface area contributed by atoms with E-state index in [9.17, 15) is 0 Å². The van der Waals surface area contributed by atoms with Crippen LogP contribution >= 0.6 is 0 Å². The predicted octanol–water partition coefficient (Wildman–Crippen LogP) is 2.58. The molecular formula is C15H19NO2. The van der Waals surface area contributed by atoms with Crippen LogP contribution in [0.5, 0.6) is 0 Å². The van der Waals surface area contributed by atoms with Crippen LogP contribution in [0.25, 0.3) is 0 Å². The molecule has 0 aliphatic carbocycles. The van der Waals surface area contributed by atoms with Gasteiger partial charge in [-0.25, -0.2) is 0 Å². The number of aliphatic hydroxyl groups is 1. The van der Waals surface area contributed by atoms with Crippen LogP contribution < -0.4 is 0 Å². The highest BCUT2D eigenvalue weighted by molar-refractivity contribution is 5.16. The Bertz CT molecular complexity index is 464. The van der Waals surface area contributed by atoms with E-state index in [-0.39, 0.29) is 6.61 Å². The van der Waals surface area contributed by atoms with Gasteiger partial charge in [0.05, 0.1) is 19.4 Å². The van der Waals surface area contributed by atoms with Gasteiger partial charge in [0.15, 0.2) is 0 Å². The smallest absolute Gasteiger partial charge is 0.120 e. The van der Waals surface area contributed by atoms with Crippen LogP contribution in [-0.2, 0) is 13.1 Å². The summed E-state index contributed by atoms with van der Waals surface area (Å²) < 4.78 is 5.46. The summed E-state index contributed by atoms with van der Waals surface area (Å²) in [5, 5.41) is 9.14. The minimum Gasteiger partial charge on any atom is -0.468 e. The summed E-state index contributed by atoms with van der Waals surface area (Å²) in [6.07, 6.45) is 1.71. The van der Waals surface area contributed by atoms with Crippen molar-refractivity contribution in [1.82, 2.24) is 4.90 Å². The van der Waals surface area contributed by atoms with Gasteiger partial charge in [-0.1, -0.05) is 30.3 Å². The van der Waals surface area contributed by atoms with Gasteiger partial charge in [-0.15, -0.1) is 0 Å². The Morgan fingerprint density at radius 3 is 2.50 bits per heavy atom. The molecule has 1 aromatic carbocycles. The topological polar surface area (TPSA) is 36.6 Å². The van der Waals surface area contributed by atoms with Crippen molar-refractivity contribution in [1.29, 1.82) is 0 Å². The van der Waals surface area contributed by atoms with Gasteiger partial charge in [0.25, 0.3) is 0 Å². The van der Waals surface area contributed by atoms with E-state index in [0.29, 0.717) is 6.54 Å². The van der Waals surface area contributed by atoms with Gasteiger partial charge in [-0.3, -0.25) is 4.90 Å². The number of aliphatic hydroxyl groups excluding tert-OH is 1. The van der Waals surface area contributed by atoms with Crippen molar-refractivity contribution in [2.45, 2.75) is 20.0 Å². The summed E-state index contributed by atoms with van der Waals surface area (Å²) in [7, 11) is 0. The summed E-state index contributed by atoms with van der Waals surface area (Å²) in [6.45, 7) is 4.40. The van der Waals surface area contributed by atoms with Crippen molar-refractivity contribution in [3.8, 4) is 0 Å². The first-order valence-electron chi connectivity index (χ1n) is 6.19. The molecule has 3 heteroatoms. The van der Waals surface area contributed by atoms with E-state index in [0.717, 1.165) is 24.4 Å². The van der Waals surface area contributed by atoms with Crippen LogP contribution in [-0.4, -0.2) is 23.2 Å². The molecule has 2 aromatic rings. The van der Waals surface area contributed by atoms with Gasteiger partial charge < -0.3 is 9.52 Å². The molecular weight excluding hydrogens is 226 g/mol. The number of hydrogen-bond acceptors (Lipinski definition) is 3. The highest BCUT2D eigenvalue weighted by atomic mass is 16.3. The fourth-order valence-electron chi connectivity index (χ4n) is 1.97. The van der Waals surface area contributed by atoms with Crippen molar-refractivity contribution in [3.63, 3.8) is 0 Å². The second-order valence-electron chi connectivity index (χ2n) is 4.45. The number of benzene rings is 1. The van der Waals surface area contributed by atoms with Crippen LogP contribution in [0, 0.1) is 6.92 Å². The van der Waals surface area contributed by atoms with E-state index >= 15 is 0 Å². The Labute approximate surface area is 108 Å². The molecule has 0 bridgehead atoms. The van der Waals surface area contributed by atoms with Gasteiger partial charge in [0.2, 0.25) is 0 Å². The molecule has 96 valence electrons. The second-order valence-corrected chi connectivity index (χ2v) is 4.45. The highest BCUT2D eigenvalue weighted by Gasteiger charge is 2.10. The lowest BCUT2D eigenvalue weighted by molar-refractivity contribution is 0.174. The first-order valence-corrected chi connectivity index (χ1v) is 6.19. The fourth-order valence-corrected chi connectivity index (χ4v) is 1.97. The maximum atomic E-state index is 9.14. The predicted molar refractivity (Wildman–Crippen MR) is 71.1 cm³/mol. The molecule has 0 fully saturated rings. The van der Waals surface area contributed by atoms with Crippen LogP contribution in [0.15, 0.2) is 47.1 Å². The normalized spacial score (nSPS) is 11.1. The quantitative estimate of drug-likeness (QED) is 0.849. The zero-order chi connectivity index (χ0) is 12.8. The molecule has 0 saturated carbocycles. The largest absolute Gasteiger partial charge is 0.468 e. The number of hydrogen-bond donors (Lipinski definition) is 1. The number of nitrogens with zero attached hydrogens (tertiary/aromatic N) is 1. The maximum absolute atomic E-state index is 9.14. The summed E-state index contributed by atoms with van der Waals surface area (Å²) in [6, 6.07) is 12.2. The van der Waals surface area contributed by atoms with Gasteiger partial charge >= 0.3 is 0 Å². The van der Waals surface area contributed by atoms with Gasteiger partial charge in [0, 0.05) is 13.1 Å². The molecule has 0 aliphatic heterocycles. The highest BCUT2D eigenvalue weighted by Crippen LogP contribution is 2.14. The van der Waals surface area contributed by atoms with Crippen molar-refractivity contribution in [3.05, 3.63) is 59.5 Å². The molecule has 0 radical (unpaired) electrons. The monoisotopic (exact) mass is 245 g/mol. The lowest BCUT2D eigenvalue weighted by atomic mass is 10.2. The minimum atomic E-state index is 0.159. The number of furan rings is 1. The van der Waals surface area contributed by atoms with E-state index in [2.05, 4.69) is 17.0 Å². The van der Waals surface area contributed by atoms with Crippen LogP contribution in [0.2, 0.25) is 0 Å². The van der Waals surface area contributed by atoms with Crippen molar-refractivity contribution in [2.75, 3.05) is 13.2 Å². The molecule has 0 spiro atoms. The van der Waals surface area contributed by atoms with Crippen LogP contribution in [0.4, 0.5) is 0 Å². The Hall–Kier alpha value is -1.58. The van der Waals surface area contributed by atoms with E-state index in [1.807, 2.05) is 31.2 Å².